The van der Waals surface area contributed by atoms with E-state index in [0.717, 1.165) is 3.17 Å². The molecule has 0 saturated carbocycles. The van der Waals surface area contributed by atoms with Crippen molar-refractivity contribution in [2.75, 3.05) is 0 Å². The van der Waals surface area contributed by atoms with Gasteiger partial charge in [-0.2, -0.15) is 8.42 Å². The van der Waals surface area contributed by atoms with Crippen molar-refractivity contribution in [3.63, 3.8) is 0 Å². The smallest absolute Gasteiger partial charge is 0.264 e. The second kappa shape index (κ2) is 22.2. The molecule has 0 radical (unpaired) electrons. The maximum Gasteiger partial charge on any atom is 0.394 e. The zero-order valence-corrected chi connectivity index (χ0v) is 20.5. The van der Waals surface area contributed by atoms with Crippen LogP contribution in [-0.4, -0.2) is 45.5 Å². The van der Waals surface area contributed by atoms with Crippen LogP contribution in [0.25, 0.3) is 0 Å². The largest absolute Gasteiger partial charge is 0.394 e. The zero-order chi connectivity index (χ0) is 20.1. The van der Waals surface area contributed by atoms with Gasteiger partial charge in [-0.1, -0.05) is 0 Å². The van der Waals surface area contributed by atoms with E-state index in [1.807, 2.05) is 0 Å². The number of unbranched alkanes of at least 4 members (excludes halogenated alkanes) is 13. The molecule has 26 heavy (non-hydrogen) atoms. The molecule has 0 heterocycles. The fourth-order valence-electron chi connectivity index (χ4n) is 3.22. The Balaban J connectivity index is 0. The third kappa shape index (κ3) is 35.9. The fourth-order valence-corrected chi connectivity index (χ4v) is 4.04. The Morgan fingerprint density at radius 1 is 0.615 bits per heavy atom. The molecule has 154 valence electrons. The summed E-state index contributed by atoms with van der Waals surface area (Å²) in [7, 11) is -4.67. The van der Waals surface area contributed by atoms with Crippen LogP contribution in [0.15, 0.2) is 0 Å². The predicted molar refractivity (Wildman–Crippen MR) is 114 cm³/mol. The van der Waals surface area contributed by atoms with Crippen LogP contribution < -0.4 is 0 Å². The Hall–Kier alpha value is 0.870. The molecule has 1 unspecified atom stereocenters. The Bertz CT molecular complexity index is 353. The monoisotopic (exact) mass is 402 g/mol. The van der Waals surface area contributed by atoms with E-state index in [-0.39, 0.29) is 0 Å². The standard InChI is InChI=1S/C20H41.Na.H2O4S/c1-3-5-7-9-11-13-15-17-19-20-18-16-14-12-10-8-6-4-2;;1-5(2,3)4/h17H,3-16,18-20H2,1-2H3;;(H2,1,2,3,4). The molecule has 0 spiro atoms. The molecule has 0 aromatic heterocycles. The summed E-state index contributed by atoms with van der Waals surface area (Å²) in [6.45, 7) is 4.61. The van der Waals surface area contributed by atoms with Crippen LogP contribution in [0.4, 0.5) is 0 Å². The summed E-state index contributed by atoms with van der Waals surface area (Å²) >= 11 is 1.43. The van der Waals surface area contributed by atoms with Crippen molar-refractivity contribution in [1.82, 2.24) is 0 Å². The van der Waals surface area contributed by atoms with Gasteiger partial charge in [0.05, 0.1) is 0 Å². The van der Waals surface area contributed by atoms with Gasteiger partial charge in [0.25, 0.3) is 0 Å². The van der Waals surface area contributed by atoms with Crippen molar-refractivity contribution in [2.24, 2.45) is 0 Å². The van der Waals surface area contributed by atoms with E-state index < -0.39 is 10.4 Å². The first-order chi connectivity index (χ1) is 12.3. The molecule has 0 aromatic carbocycles. The minimum Gasteiger partial charge on any atom is -0.264 e. The van der Waals surface area contributed by atoms with Gasteiger partial charge in [-0.15, -0.1) is 0 Å². The topological polar surface area (TPSA) is 74.6 Å². The molecule has 0 aliphatic heterocycles. The molecule has 0 bridgehead atoms. The first-order valence-corrected chi connectivity index (χ1v) is 13.6. The zero-order valence-electron chi connectivity index (χ0n) is 17.7. The first-order valence-electron chi connectivity index (χ1n) is 11.0. The van der Waals surface area contributed by atoms with E-state index in [0.29, 0.717) is 0 Å². The van der Waals surface area contributed by atoms with Crippen LogP contribution in [0.5, 0.6) is 0 Å². The van der Waals surface area contributed by atoms with Gasteiger partial charge in [0, 0.05) is 0 Å². The molecule has 0 aliphatic carbocycles. The summed E-state index contributed by atoms with van der Waals surface area (Å²) in [6.07, 6.45) is 25.1. The van der Waals surface area contributed by atoms with Crippen molar-refractivity contribution in [3.05, 3.63) is 0 Å². The molecule has 4 nitrogen and oxygen atoms in total. The van der Waals surface area contributed by atoms with Crippen LogP contribution in [0.2, 0.25) is 3.17 Å². The molecule has 2 N–H and O–H groups in total. The quantitative estimate of drug-likeness (QED) is 0.157. The predicted octanol–water partition coefficient (Wildman–Crippen LogP) is 6.96. The van der Waals surface area contributed by atoms with E-state index in [1.165, 1.54) is 137 Å². The molecule has 0 rings (SSSR count). The van der Waals surface area contributed by atoms with E-state index in [1.54, 1.807) is 0 Å². The second-order valence-corrected chi connectivity index (χ2v) is 10.3. The third-order valence-corrected chi connectivity index (χ3v) is 6.01. The summed E-state index contributed by atoms with van der Waals surface area (Å²) in [5.74, 6) is 0. The van der Waals surface area contributed by atoms with E-state index in [9.17, 15) is 0 Å². The Labute approximate surface area is 181 Å². The van der Waals surface area contributed by atoms with Crippen LogP contribution in [0.3, 0.4) is 0 Å². The molecule has 6 heteroatoms. The Morgan fingerprint density at radius 2 is 0.846 bits per heavy atom. The molecular weight excluding hydrogens is 359 g/mol. The molecule has 0 saturated heterocycles. The van der Waals surface area contributed by atoms with Gasteiger partial charge in [-0.05, 0) is 0 Å². The maximum atomic E-state index is 8.74. The number of hydrogen-bond acceptors (Lipinski definition) is 2. The first kappa shape index (κ1) is 29.1. The summed E-state index contributed by atoms with van der Waals surface area (Å²) in [5.41, 5.74) is 0. The van der Waals surface area contributed by atoms with E-state index in [2.05, 4.69) is 13.8 Å². The van der Waals surface area contributed by atoms with Crippen molar-refractivity contribution < 1.29 is 17.5 Å². The minimum atomic E-state index is -4.67. The van der Waals surface area contributed by atoms with Crippen LogP contribution in [-0.2, 0) is 10.4 Å². The van der Waals surface area contributed by atoms with Crippen molar-refractivity contribution in [1.29, 1.82) is 0 Å². The van der Waals surface area contributed by atoms with E-state index >= 15 is 0 Å². The summed E-state index contributed by atoms with van der Waals surface area (Å²) in [4.78, 5) is 0. The molecule has 0 aromatic rings. The average molecular weight is 403 g/mol. The van der Waals surface area contributed by atoms with Gasteiger partial charge in [-0.3, -0.25) is 9.11 Å². The molecule has 0 aliphatic rings. The average Bonchev–Trinajstić information content (AvgIpc) is 2.55. The Morgan fingerprint density at radius 3 is 1.12 bits per heavy atom. The minimum absolute atomic E-state index is 1.11. The van der Waals surface area contributed by atoms with Gasteiger partial charge in [-0.25, -0.2) is 0 Å². The fraction of sp³-hybridized carbons (Fsp3) is 1.00. The SMILES string of the molecule is CCCCCCCCCCC[CH]([Na])CCCCCCCC.O=S(=O)(O)O. The normalized spacial score (nSPS) is 12.5. The Kier molecular flexibility index (Phi) is 24.8. The van der Waals surface area contributed by atoms with Crippen molar-refractivity contribution >= 4 is 38.3 Å². The summed E-state index contributed by atoms with van der Waals surface area (Å²) in [5, 5.41) is 0. The number of hydrogen-bond donors (Lipinski definition) is 2. The molecule has 0 amide bonds. The molecule has 1 atom stereocenters. The third-order valence-electron chi connectivity index (χ3n) is 4.85. The van der Waals surface area contributed by atoms with E-state index in [4.69, 9.17) is 17.5 Å². The molecule has 0 fully saturated rings. The maximum absolute atomic E-state index is 8.74. The van der Waals surface area contributed by atoms with Gasteiger partial charge in [0.2, 0.25) is 0 Å². The van der Waals surface area contributed by atoms with Crippen LogP contribution in [0.1, 0.15) is 123 Å². The van der Waals surface area contributed by atoms with Gasteiger partial charge in [0.1, 0.15) is 0 Å². The van der Waals surface area contributed by atoms with Crippen molar-refractivity contribution in [3.8, 4) is 0 Å². The van der Waals surface area contributed by atoms with Gasteiger partial charge in [0.15, 0.2) is 0 Å². The summed E-state index contributed by atoms with van der Waals surface area (Å²) < 4.78 is 32.7. The number of rotatable bonds is 17. The van der Waals surface area contributed by atoms with Gasteiger partial charge >= 0.3 is 164 Å². The van der Waals surface area contributed by atoms with Crippen LogP contribution >= 0.6 is 0 Å². The summed E-state index contributed by atoms with van der Waals surface area (Å²) in [6, 6.07) is 0. The van der Waals surface area contributed by atoms with Crippen LogP contribution in [0, 0.1) is 0 Å². The second-order valence-electron chi connectivity index (χ2n) is 7.73. The van der Waals surface area contributed by atoms with Gasteiger partial charge < -0.3 is 0 Å². The molecular formula is C20H43NaO4S. The van der Waals surface area contributed by atoms with Crippen molar-refractivity contribution in [2.45, 2.75) is 126 Å².